The van der Waals surface area contributed by atoms with Crippen molar-refractivity contribution in [2.24, 2.45) is 11.8 Å². The van der Waals surface area contributed by atoms with Crippen molar-refractivity contribution >= 4 is 22.7 Å². The Balaban J connectivity index is 1.66. The topological polar surface area (TPSA) is 52.6 Å². The first-order valence-corrected chi connectivity index (χ1v) is 10.6. The predicted octanol–water partition coefficient (Wildman–Crippen LogP) is 6.10. The fourth-order valence-corrected chi connectivity index (χ4v) is 4.25. The summed E-state index contributed by atoms with van der Waals surface area (Å²) in [7, 11) is 0. The molecule has 2 atom stereocenters. The third kappa shape index (κ3) is 4.09. The maximum atomic E-state index is 12.9. The van der Waals surface area contributed by atoms with Crippen LogP contribution in [0.25, 0.3) is 10.8 Å². The lowest BCUT2D eigenvalue weighted by Gasteiger charge is -2.26. The minimum atomic E-state index is -0.428. The standard InChI is InChI=1S/C26H26O4/c1-17-9-3-5-13-20(17)25(27)29-22-15-7-11-19-12-8-16-23(24(19)22)30-26(28)21-14-6-4-10-18(21)2/h3,5,7-9,11-13,15-16,18,21H,4,6,10,14H2,1-2H3. The van der Waals surface area contributed by atoms with Crippen LogP contribution in [-0.2, 0) is 4.79 Å². The van der Waals surface area contributed by atoms with Gasteiger partial charge < -0.3 is 9.47 Å². The van der Waals surface area contributed by atoms with Crippen LogP contribution in [0.2, 0.25) is 0 Å². The number of aryl methyl sites for hydroxylation is 1. The molecule has 0 aromatic heterocycles. The van der Waals surface area contributed by atoms with Gasteiger partial charge in [0.1, 0.15) is 11.5 Å². The molecule has 0 bridgehead atoms. The van der Waals surface area contributed by atoms with Crippen LogP contribution in [0.1, 0.15) is 48.5 Å². The van der Waals surface area contributed by atoms with Crippen molar-refractivity contribution in [3.8, 4) is 11.5 Å². The average molecular weight is 402 g/mol. The van der Waals surface area contributed by atoms with Gasteiger partial charge >= 0.3 is 11.9 Å². The van der Waals surface area contributed by atoms with Gasteiger partial charge in [0, 0.05) is 0 Å². The van der Waals surface area contributed by atoms with E-state index in [1.807, 2.05) is 49.4 Å². The number of carbonyl (C=O) groups is 2. The molecule has 154 valence electrons. The van der Waals surface area contributed by atoms with Crippen molar-refractivity contribution in [2.45, 2.75) is 39.5 Å². The maximum Gasteiger partial charge on any atom is 0.343 e. The number of fused-ring (bicyclic) bond motifs is 1. The summed E-state index contributed by atoms with van der Waals surface area (Å²) in [6.07, 6.45) is 4.13. The molecule has 0 aliphatic heterocycles. The van der Waals surface area contributed by atoms with Gasteiger partial charge in [-0.3, -0.25) is 4.79 Å². The van der Waals surface area contributed by atoms with Crippen LogP contribution in [0.3, 0.4) is 0 Å². The van der Waals surface area contributed by atoms with Gasteiger partial charge in [0.15, 0.2) is 0 Å². The molecule has 1 aliphatic rings. The highest BCUT2D eigenvalue weighted by Gasteiger charge is 2.30. The molecule has 30 heavy (non-hydrogen) atoms. The fourth-order valence-electron chi connectivity index (χ4n) is 4.25. The van der Waals surface area contributed by atoms with Crippen LogP contribution >= 0.6 is 0 Å². The Bertz CT molecular complexity index is 1080. The molecule has 1 fully saturated rings. The summed E-state index contributed by atoms with van der Waals surface area (Å²) in [5.41, 5.74) is 1.36. The van der Waals surface area contributed by atoms with Crippen LogP contribution in [0.15, 0.2) is 60.7 Å². The van der Waals surface area contributed by atoms with Gasteiger partial charge in [-0.25, -0.2) is 4.79 Å². The lowest BCUT2D eigenvalue weighted by molar-refractivity contribution is -0.141. The Morgan fingerprint density at radius 1 is 0.833 bits per heavy atom. The third-order valence-electron chi connectivity index (χ3n) is 6.02. The van der Waals surface area contributed by atoms with Crippen molar-refractivity contribution in [3.05, 3.63) is 71.8 Å². The summed E-state index contributed by atoms with van der Waals surface area (Å²) >= 11 is 0. The monoisotopic (exact) mass is 402 g/mol. The van der Waals surface area contributed by atoms with Crippen LogP contribution in [-0.4, -0.2) is 11.9 Å². The summed E-state index contributed by atoms with van der Waals surface area (Å²) in [4.78, 5) is 25.7. The van der Waals surface area contributed by atoms with Crippen LogP contribution < -0.4 is 9.47 Å². The molecular weight excluding hydrogens is 376 g/mol. The number of esters is 2. The van der Waals surface area contributed by atoms with E-state index < -0.39 is 5.97 Å². The Hall–Kier alpha value is -3.14. The highest BCUT2D eigenvalue weighted by Crippen LogP contribution is 2.37. The van der Waals surface area contributed by atoms with Gasteiger partial charge in [-0.2, -0.15) is 0 Å². The van der Waals surface area contributed by atoms with Crippen LogP contribution in [0, 0.1) is 18.8 Å². The summed E-state index contributed by atoms with van der Waals surface area (Å²) in [5.74, 6) is 0.428. The van der Waals surface area contributed by atoms with E-state index in [0.29, 0.717) is 28.4 Å². The summed E-state index contributed by atoms with van der Waals surface area (Å²) in [5, 5.41) is 1.49. The van der Waals surface area contributed by atoms with E-state index in [4.69, 9.17) is 9.47 Å². The average Bonchev–Trinajstić information content (AvgIpc) is 2.74. The SMILES string of the molecule is Cc1ccccc1C(=O)Oc1cccc2cccc(OC(=O)C3CCCCC3C)c12. The van der Waals surface area contributed by atoms with E-state index in [1.54, 1.807) is 18.2 Å². The molecule has 0 radical (unpaired) electrons. The van der Waals surface area contributed by atoms with E-state index in [9.17, 15) is 9.59 Å². The second kappa shape index (κ2) is 8.70. The molecule has 0 heterocycles. The number of benzene rings is 3. The van der Waals surface area contributed by atoms with E-state index >= 15 is 0 Å². The summed E-state index contributed by atoms with van der Waals surface area (Å²) in [6, 6.07) is 18.3. The molecule has 0 N–H and O–H groups in total. The lowest BCUT2D eigenvalue weighted by Crippen LogP contribution is -2.29. The van der Waals surface area contributed by atoms with Crippen molar-refractivity contribution in [2.75, 3.05) is 0 Å². The molecule has 4 rings (SSSR count). The van der Waals surface area contributed by atoms with Crippen molar-refractivity contribution in [1.29, 1.82) is 0 Å². The molecule has 0 spiro atoms. The largest absolute Gasteiger partial charge is 0.426 e. The van der Waals surface area contributed by atoms with Crippen LogP contribution in [0.4, 0.5) is 0 Å². The third-order valence-corrected chi connectivity index (χ3v) is 6.02. The second-order valence-corrected chi connectivity index (χ2v) is 8.10. The first-order chi connectivity index (χ1) is 14.5. The maximum absolute atomic E-state index is 12.9. The number of rotatable bonds is 4. The van der Waals surface area contributed by atoms with Crippen molar-refractivity contribution < 1.29 is 19.1 Å². The summed E-state index contributed by atoms with van der Waals surface area (Å²) < 4.78 is 11.6. The van der Waals surface area contributed by atoms with Gasteiger partial charge in [0.2, 0.25) is 0 Å². The quantitative estimate of drug-likeness (QED) is 0.391. The van der Waals surface area contributed by atoms with Gasteiger partial charge in [0.25, 0.3) is 0 Å². The van der Waals surface area contributed by atoms with Crippen molar-refractivity contribution in [1.82, 2.24) is 0 Å². The van der Waals surface area contributed by atoms with E-state index in [0.717, 1.165) is 36.6 Å². The Labute approximate surface area is 176 Å². The molecule has 4 nitrogen and oxygen atoms in total. The van der Waals surface area contributed by atoms with Crippen molar-refractivity contribution in [3.63, 3.8) is 0 Å². The zero-order chi connectivity index (χ0) is 21.1. The molecule has 3 aromatic rings. The molecule has 4 heteroatoms. The van der Waals surface area contributed by atoms with Crippen LogP contribution in [0.5, 0.6) is 11.5 Å². The molecule has 1 aliphatic carbocycles. The van der Waals surface area contributed by atoms with Gasteiger partial charge in [-0.05, 0) is 54.8 Å². The highest BCUT2D eigenvalue weighted by molar-refractivity contribution is 5.99. The smallest absolute Gasteiger partial charge is 0.343 e. The molecule has 3 aromatic carbocycles. The zero-order valence-corrected chi connectivity index (χ0v) is 17.4. The normalized spacial score (nSPS) is 18.7. The first kappa shape index (κ1) is 20.1. The Kier molecular flexibility index (Phi) is 5.84. The molecular formula is C26H26O4. The first-order valence-electron chi connectivity index (χ1n) is 10.6. The van der Waals surface area contributed by atoms with E-state index in [-0.39, 0.29) is 11.9 Å². The van der Waals surface area contributed by atoms with E-state index in [2.05, 4.69) is 6.92 Å². The summed E-state index contributed by atoms with van der Waals surface area (Å²) in [6.45, 7) is 3.99. The van der Waals surface area contributed by atoms with Gasteiger partial charge in [-0.15, -0.1) is 0 Å². The number of ether oxygens (including phenoxy) is 2. The lowest BCUT2D eigenvalue weighted by atomic mass is 9.80. The van der Waals surface area contributed by atoms with E-state index in [1.165, 1.54) is 0 Å². The Morgan fingerprint density at radius 2 is 1.50 bits per heavy atom. The minimum absolute atomic E-state index is 0.0873. The predicted molar refractivity (Wildman–Crippen MR) is 117 cm³/mol. The number of hydrogen-bond donors (Lipinski definition) is 0. The molecule has 0 saturated heterocycles. The highest BCUT2D eigenvalue weighted by atomic mass is 16.5. The van der Waals surface area contributed by atoms with Gasteiger partial charge in [-0.1, -0.05) is 62.2 Å². The van der Waals surface area contributed by atoms with Gasteiger partial charge in [0.05, 0.1) is 16.9 Å². The second-order valence-electron chi connectivity index (χ2n) is 8.10. The fraction of sp³-hybridized carbons (Fsp3) is 0.308. The number of carbonyl (C=O) groups excluding carboxylic acids is 2. The molecule has 0 amide bonds. The molecule has 2 unspecified atom stereocenters. The minimum Gasteiger partial charge on any atom is -0.426 e. The molecule has 1 saturated carbocycles. The number of hydrogen-bond acceptors (Lipinski definition) is 4. The Morgan fingerprint density at radius 3 is 2.20 bits per heavy atom. The zero-order valence-electron chi connectivity index (χ0n) is 17.4.